The minimum atomic E-state index is -0.957. The van der Waals surface area contributed by atoms with Crippen LogP contribution in [0, 0.1) is 0 Å². The molecule has 2 aliphatic rings. The predicted molar refractivity (Wildman–Crippen MR) is 76.9 cm³/mol. The maximum absolute atomic E-state index is 12.3. The third kappa shape index (κ3) is 2.45. The Labute approximate surface area is 126 Å². The van der Waals surface area contributed by atoms with Crippen LogP contribution in [0.5, 0.6) is 0 Å². The lowest BCUT2D eigenvalue weighted by Crippen LogP contribution is -2.43. The van der Waals surface area contributed by atoms with E-state index in [0.29, 0.717) is 13.0 Å². The first kappa shape index (κ1) is 15.3. The van der Waals surface area contributed by atoms with Crippen molar-refractivity contribution in [3.8, 4) is 0 Å². The summed E-state index contributed by atoms with van der Waals surface area (Å²) in [5.74, 6) is -0.103. The number of halogens is 1. The molecule has 0 aromatic carbocycles. The van der Waals surface area contributed by atoms with Gasteiger partial charge in [0.2, 0.25) is 0 Å². The van der Waals surface area contributed by atoms with Crippen LogP contribution in [-0.2, 0) is 9.53 Å². The number of nitrogens with zero attached hydrogens (tertiary/aromatic N) is 1. The molecule has 0 bridgehead atoms. The van der Waals surface area contributed by atoms with Crippen molar-refractivity contribution in [2.24, 2.45) is 0 Å². The zero-order valence-electron chi connectivity index (χ0n) is 11.5. The van der Waals surface area contributed by atoms with Crippen molar-refractivity contribution in [2.45, 2.75) is 30.3 Å². The van der Waals surface area contributed by atoms with Gasteiger partial charge < -0.3 is 25.2 Å². The molecule has 3 N–H and O–H groups in total. The van der Waals surface area contributed by atoms with Crippen LogP contribution in [-0.4, -0.2) is 58.3 Å². The summed E-state index contributed by atoms with van der Waals surface area (Å²) in [4.78, 5) is 14.1. The first-order chi connectivity index (χ1) is 9.54. The van der Waals surface area contributed by atoms with E-state index < -0.39 is 6.10 Å². The topological polar surface area (TPSA) is 82.0 Å². The zero-order chi connectivity index (χ0) is 14.9. The monoisotopic (exact) mass is 346 g/mol. The lowest BCUT2D eigenvalue weighted by atomic mass is 10.1. The van der Waals surface area contributed by atoms with Gasteiger partial charge in [-0.25, -0.2) is 0 Å². The number of hydrogen-bond donors (Lipinski definition) is 3. The molecule has 20 heavy (non-hydrogen) atoms. The van der Waals surface area contributed by atoms with Crippen LogP contribution in [0.15, 0.2) is 23.2 Å². The van der Waals surface area contributed by atoms with Gasteiger partial charge >= 0.3 is 0 Å². The number of rotatable bonds is 4. The number of likely N-dealkylation sites (N-methyl/N-ethyl adjacent to an activating group) is 1. The number of carbonyl (C=O) groups excluding carboxylic acids is 1. The fourth-order valence-electron chi connectivity index (χ4n) is 2.66. The van der Waals surface area contributed by atoms with Crippen molar-refractivity contribution in [3.05, 3.63) is 23.2 Å². The molecular formula is C13H19BrN2O4. The molecule has 0 aliphatic carbocycles. The van der Waals surface area contributed by atoms with Crippen LogP contribution >= 0.6 is 15.9 Å². The molecule has 1 fully saturated rings. The smallest absolute Gasteiger partial charge is 0.271 e. The van der Waals surface area contributed by atoms with Gasteiger partial charge in [-0.15, -0.1) is 0 Å². The van der Waals surface area contributed by atoms with E-state index in [9.17, 15) is 15.0 Å². The Balaban J connectivity index is 2.47. The second-order valence-electron chi connectivity index (χ2n) is 4.72. The Morgan fingerprint density at radius 1 is 1.65 bits per heavy atom. The molecule has 0 aromatic heterocycles. The molecule has 2 heterocycles. The Bertz CT molecular complexity index is 463. The number of nitrogens with one attached hydrogen (secondary N) is 1. The third-order valence-electron chi connectivity index (χ3n) is 3.50. The van der Waals surface area contributed by atoms with E-state index in [1.54, 1.807) is 11.0 Å². The highest BCUT2D eigenvalue weighted by atomic mass is 79.9. The summed E-state index contributed by atoms with van der Waals surface area (Å²) in [6.07, 6.45) is 1.35. The van der Waals surface area contributed by atoms with E-state index in [1.807, 2.05) is 6.92 Å². The maximum atomic E-state index is 12.3. The summed E-state index contributed by atoms with van der Waals surface area (Å²) in [6.45, 7) is 2.22. The van der Waals surface area contributed by atoms with Crippen molar-refractivity contribution in [3.63, 3.8) is 0 Å². The summed E-state index contributed by atoms with van der Waals surface area (Å²) in [5, 5.41) is 22.4. The molecule has 2 rings (SSSR count). The first-order valence-electron chi connectivity index (χ1n) is 6.55. The van der Waals surface area contributed by atoms with Gasteiger partial charge in [-0.05, 0) is 19.4 Å². The molecule has 7 heteroatoms. The van der Waals surface area contributed by atoms with Gasteiger partial charge in [0, 0.05) is 12.2 Å². The van der Waals surface area contributed by atoms with Crippen LogP contribution in [0.3, 0.4) is 0 Å². The fourth-order valence-corrected chi connectivity index (χ4v) is 3.46. The van der Waals surface area contributed by atoms with Crippen LogP contribution in [0.25, 0.3) is 0 Å². The summed E-state index contributed by atoms with van der Waals surface area (Å²) in [5.41, 5.74) is 1.07. The van der Waals surface area contributed by atoms with Crippen molar-refractivity contribution in [1.29, 1.82) is 0 Å². The number of alkyl halides is 1. The first-order valence-corrected chi connectivity index (χ1v) is 7.46. The van der Waals surface area contributed by atoms with Crippen molar-refractivity contribution in [1.82, 2.24) is 10.2 Å². The average Bonchev–Trinajstić information content (AvgIpc) is 2.74. The molecule has 0 aromatic rings. The Hall–Kier alpha value is -1.05. The normalized spacial score (nSPS) is 29.1. The Morgan fingerprint density at radius 3 is 2.90 bits per heavy atom. The van der Waals surface area contributed by atoms with Gasteiger partial charge in [0.25, 0.3) is 5.91 Å². The standard InChI is InChI=1S/C13H19BrN2O4/c1-3-15-13(19)11-12(20-2)10(18)5-9-8(14)4-7(6-17)16(9)11/h5,7-8,10,17-18H,3-4,6H2,1-2H3,(H,15,19)/t7-,8?,10?/m0/s1. The number of ether oxygens (including phenoxy) is 1. The van der Waals surface area contributed by atoms with Gasteiger partial charge in [0.05, 0.1) is 24.6 Å². The Morgan fingerprint density at radius 2 is 2.35 bits per heavy atom. The second kappa shape index (κ2) is 6.15. The number of fused-ring (bicyclic) bond motifs is 1. The van der Waals surface area contributed by atoms with Crippen LogP contribution < -0.4 is 5.32 Å². The molecule has 0 radical (unpaired) electrons. The quantitative estimate of drug-likeness (QED) is 0.627. The van der Waals surface area contributed by atoms with Crippen LogP contribution in [0.1, 0.15) is 13.3 Å². The van der Waals surface area contributed by atoms with E-state index in [1.165, 1.54) is 7.11 Å². The summed E-state index contributed by atoms with van der Waals surface area (Å²) in [7, 11) is 1.42. The number of hydrogen-bond acceptors (Lipinski definition) is 5. The molecule has 0 saturated carbocycles. The number of allylic oxidation sites excluding steroid dienone is 1. The lowest BCUT2D eigenvalue weighted by Gasteiger charge is -2.34. The van der Waals surface area contributed by atoms with Crippen molar-refractivity contribution < 1.29 is 19.7 Å². The SMILES string of the molecule is CCNC(=O)C1=C(OC)C(O)C=C2C(Br)C[C@@H](CO)N21. The predicted octanol–water partition coefficient (Wildman–Crippen LogP) is 0.0690. The molecule has 2 aliphatic heterocycles. The molecule has 0 spiro atoms. The van der Waals surface area contributed by atoms with Gasteiger partial charge in [-0.1, -0.05) is 15.9 Å². The molecule has 2 unspecified atom stereocenters. The minimum Gasteiger partial charge on any atom is -0.496 e. The summed E-state index contributed by atoms with van der Waals surface area (Å²) < 4.78 is 5.21. The Kier molecular flexibility index (Phi) is 4.72. The van der Waals surface area contributed by atoms with E-state index in [-0.39, 0.29) is 34.8 Å². The van der Waals surface area contributed by atoms with E-state index >= 15 is 0 Å². The highest BCUT2D eigenvalue weighted by molar-refractivity contribution is 9.09. The van der Waals surface area contributed by atoms with E-state index in [4.69, 9.17) is 4.74 Å². The van der Waals surface area contributed by atoms with Gasteiger partial charge in [-0.3, -0.25) is 4.79 Å². The molecular weight excluding hydrogens is 328 g/mol. The van der Waals surface area contributed by atoms with Gasteiger partial charge in [0.15, 0.2) is 5.76 Å². The van der Waals surface area contributed by atoms with Gasteiger partial charge in [0.1, 0.15) is 11.8 Å². The van der Waals surface area contributed by atoms with E-state index in [0.717, 1.165) is 5.70 Å². The van der Waals surface area contributed by atoms with Gasteiger partial charge in [-0.2, -0.15) is 0 Å². The summed E-state index contributed by atoms with van der Waals surface area (Å²) in [6, 6.07) is -0.208. The van der Waals surface area contributed by atoms with Crippen LogP contribution in [0.2, 0.25) is 0 Å². The highest BCUT2D eigenvalue weighted by Gasteiger charge is 2.43. The largest absolute Gasteiger partial charge is 0.496 e. The van der Waals surface area contributed by atoms with Crippen molar-refractivity contribution >= 4 is 21.8 Å². The number of carbonyl (C=O) groups is 1. The van der Waals surface area contributed by atoms with E-state index in [2.05, 4.69) is 21.2 Å². The molecule has 1 amide bonds. The number of aliphatic hydroxyl groups excluding tert-OH is 2. The molecule has 6 nitrogen and oxygen atoms in total. The zero-order valence-corrected chi connectivity index (χ0v) is 13.1. The molecule has 112 valence electrons. The molecule has 1 saturated heterocycles. The summed E-state index contributed by atoms with van der Waals surface area (Å²) >= 11 is 3.52. The minimum absolute atomic E-state index is 0.00265. The number of aliphatic hydroxyl groups is 2. The third-order valence-corrected chi connectivity index (χ3v) is 4.34. The average molecular weight is 347 g/mol. The highest BCUT2D eigenvalue weighted by Crippen LogP contribution is 2.40. The van der Waals surface area contributed by atoms with Crippen LogP contribution in [0.4, 0.5) is 0 Å². The number of methoxy groups -OCH3 is 1. The maximum Gasteiger partial charge on any atom is 0.271 e. The number of amides is 1. The van der Waals surface area contributed by atoms with Crippen molar-refractivity contribution in [2.75, 3.05) is 20.3 Å². The lowest BCUT2D eigenvalue weighted by molar-refractivity contribution is -0.119. The second-order valence-corrected chi connectivity index (χ2v) is 5.83. The fraction of sp³-hybridized carbons (Fsp3) is 0.615. The molecule has 3 atom stereocenters.